The fourth-order valence-corrected chi connectivity index (χ4v) is 2.21. The van der Waals surface area contributed by atoms with Crippen LogP contribution in [0.25, 0.3) is 0 Å². The van der Waals surface area contributed by atoms with Gasteiger partial charge in [0.25, 0.3) is 0 Å². The molecule has 0 radical (unpaired) electrons. The third-order valence-electron chi connectivity index (χ3n) is 3.79. The molecule has 0 saturated heterocycles. The summed E-state index contributed by atoms with van der Waals surface area (Å²) in [6, 6.07) is 5.53. The van der Waals surface area contributed by atoms with Crippen LogP contribution in [-0.2, 0) is 9.59 Å². The van der Waals surface area contributed by atoms with Gasteiger partial charge in [0.2, 0.25) is 11.8 Å². The number of halogens is 1. The van der Waals surface area contributed by atoms with Gasteiger partial charge in [-0.1, -0.05) is 19.8 Å². The smallest absolute Gasteiger partial charge is 0.240 e. The van der Waals surface area contributed by atoms with E-state index in [1.165, 1.54) is 24.3 Å². The SMILES string of the molecule is CCCCCNC(=O)C1(C(=O)Nc2ccc(F)cc2)CC1. The van der Waals surface area contributed by atoms with Crippen LogP contribution < -0.4 is 10.6 Å². The number of hydrogen-bond donors (Lipinski definition) is 2. The van der Waals surface area contributed by atoms with E-state index < -0.39 is 5.41 Å². The summed E-state index contributed by atoms with van der Waals surface area (Å²) in [4.78, 5) is 24.4. The zero-order valence-electron chi connectivity index (χ0n) is 12.2. The van der Waals surface area contributed by atoms with Gasteiger partial charge in [0, 0.05) is 12.2 Å². The lowest BCUT2D eigenvalue weighted by molar-refractivity contribution is -0.134. The van der Waals surface area contributed by atoms with E-state index in [0.29, 0.717) is 25.1 Å². The molecule has 114 valence electrons. The Kier molecular flexibility index (Phi) is 4.94. The summed E-state index contributed by atoms with van der Waals surface area (Å²) < 4.78 is 12.8. The Morgan fingerprint density at radius 2 is 1.81 bits per heavy atom. The van der Waals surface area contributed by atoms with E-state index in [1.807, 2.05) is 0 Å². The Bertz CT molecular complexity index is 510. The average Bonchev–Trinajstić information content (AvgIpc) is 3.27. The van der Waals surface area contributed by atoms with Crippen LogP contribution in [0, 0.1) is 11.2 Å². The number of hydrogen-bond acceptors (Lipinski definition) is 2. The topological polar surface area (TPSA) is 58.2 Å². The second-order valence-electron chi connectivity index (χ2n) is 5.51. The number of carbonyl (C=O) groups is 2. The highest BCUT2D eigenvalue weighted by Gasteiger charge is 2.56. The number of carbonyl (C=O) groups excluding carboxylic acids is 2. The predicted octanol–water partition coefficient (Wildman–Crippen LogP) is 2.85. The Hall–Kier alpha value is -1.91. The molecule has 0 bridgehead atoms. The van der Waals surface area contributed by atoms with Crippen molar-refractivity contribution in [3.8, 4) is 0 Å². The van der Waals surface area contributed by atoms with Crippen LogP contribution in [0.4, 0.5) is 10.1 Å². The molecule has 1 aromatic carbocycles. The maximum Gasteiger partial charge on any atom is 0.240 e. The quantitative estimate of drug-likeness (QED) is 0.599. The lowest BCUT2D eigenvalue weighted by atomic mass is 10.0. The third-order valence-corrected chi connectivity index (χ3v) is 3.79. The van der Waals surface area contributed by atoms with Crippen LogP contribution in [0.3, 0.4) is 0 Å². The monoisotopic (exact) mass is 292 g/mol. The van der Waals surface area contributed by atoms with Crippen LogP contribution in [0.2, 0.25) is 0 Å². The Labute approximate surface area is 124 Å². The summed E-state index contributed by atoms with van der Waals surface area (Å²) in [5, 5.41) is 5.52. The van der Waals surface area contributed by atoms with Gasteiger partial charge in [0.15, 0.2) is 0 Å². The van der Waals surface area contributed by atoms with Gasteiger partial charge < -0.3 is 10.6 Å². The third kappa shape index (κ3) is 3.80. The van der Waals surface area contributed by atoms with E-state index in [4.69, 9.17) is 0 Å². The molecule has 0 spiro atoms. The molecule has 21 heavy (non-hydrogen) atoms. The van der Waals surface area contributed by atoms with E-state index in [-0.39, 0.29) is 17.6 Å². The summed E-state index contributed by atoms with van der Waals surface area (Å²) >= 11 is 0. The molecule has 1 aromatic rings. The standard InChI is InChI=1S/C16H21FN2O2/c1-2-3-4-11-18-14(20)16(9-10-16)15(21)19-13-7-5-12(17)6-8-13/h5-8H,2-4,9-11H2,1H3,(H,18,20)(H,19,21). The van der Waals surface area contributed by atoms with Crippen molar-refractivity contribution in [3.05, 3.63) is 30.1 Å². The lowest BCUT2D eigenvalue weighted by Crippen LogP contribution is -2.40. The van der Waals surface area contributed by atoms with E-state index >= 15 is 0 Å². The van der Waals surface area contributed by atoms with Crippen molar-refractivity contribution in [2.45, 2.75) is 39.0 Å². The first kappa shape index (κ1) is 15.5. The van der Waals surface area contributed by atoms with Crippen molar-refractivity contribution in [2.75, 3.05) is 11.9 Å². The predicted molar refractivity (Wildman–Crippen MR) is 79.2 cm³/mol. The largest absolute Gasteiger partial charge is 0.355 e. The second kappa shape index (κ2) is 6.70. The molecule has 0 atom stereocenters. The fraction of sp³-hybridized carbons (Fsp3) is 0.500. The van der Waals surface area contributed by atoms with E-state index in [1.54, 1.807) is 0 Å². The number of benzene rings is 1. The van der Waals surface area contributed by atoms with Gasteiger partial charge in [-0.3, -0.25) is 9.59 Å². The van der Waals surface area contributed by atoms with Crippen LogP contribution in [0.5, 0.6) is 0 Å². The van der Waals surface area contributed by atoms with Gasteiger partial charge >= 0.3 is 0 Å². The molecule has 2 rings (SSSR count). The summed E-state index contributed by atoms with van der Waals surface area (Å²) in [7, 11) is 0. The first-order valence-electron chi connectivity index (χ1n) is 7.44. The zero-order chi connectivity index (χ0) is 15.3. The van der Waals surface area contributed by atoms with Crippen molar-refractivity contribution in [2.24, 2.45) is 5.41 Å². The molecule has 2 N–H and O–H groups in total. The normalized spacial score (nSPS) is 15.3. The summed E-state index contributed by atoms with van der Waals surface area (Å²) in [6.45, 7) is 2.71. The van der Waals surface area contributed by atoms with Crippen molar-refractivity contribution < 1.29 is 14.0 Å². The molecule has 1 fully saturated rings. The molecule has 0 aliphatic heterocycles. The van der Waals surface area contributed by atoms with Crippen LogP contribution in [0.15, 0.2) is 24.3 Å². The molecule has 0 unspecified atom stereocenters. The summed E-state index contributed by atoms with van der Waals surface area (Å²) in [5.74, 6) is -0.858. The molecule has 5 heteroatoms. The number of amides is 2. The highest BCUT2D eigenvalue weighted by molar-refractivity contribution is 6.13. The second-order valence-corrected chi connectivity index (χ2v) is 5.51. The van der Waals surface area contributed by atoms with Gasteiger partial charge in [-0.2, -0.15) is 0 Å². The number of rotatable bonds is 7. The van der Waals surface area contributed by atoms with Crippen molar-refractivity contribution >= 4 is 17.5 Å². The highest BCUT2D eigenvalue weighted by Crippen LogP contribution is 2.46. The summed E-state index contributed by atoms with van der Waals surface area (Å²) in [6.07, 6.45) is 4.22. The Balaban J connectivity index is 1.88. The first-order valence-corrected chi connectivity index (χ1v) is 7.44. The average molecular weight is 292 g/mol. The number of anilines is 1. The van der Waals surface area contributed by atoms with Crippen molar-refractivity contribution in [1.82, 2.24) is 5.32 Å². The lowest BCUT2D eigenvalue weighted by Gasteiger charge is -2.15. The maximum absolute atomic E-state index is 12.8. The summed E-state index contributed by atoms with van der Waals surface area (Å²) in [5.41, 5.74) is -0.424. The van der Waals surface area contributed by atoms with Gasteiger partial charge in [-0.25, -0.2) is 4.39 Å². The Morgan fingerprint density at radius 1 is 1.14 bits per heavy atom. The molecule has 0 heterocycles. The molecule has 1 saturated carbocycles. The molecular weight excluding hydrogens is 271 g/mol. The van der Waals surface area contributed by atoms with E-state index in [2.05, 4.69) is 17.6 Å². The maximum atomic E-state index is 12.8. The fourth-order valence-electron chi connectivity index (χ4n) is 2.21. The van der Waals surface area contributed by atoms with Crippen molar-refractivity contribution in [3.63, 3.8) is 0 Å². The molecule has 2 amide bonds. The molecular formula is C16H21FN2O2. The van der Waals surface area contributed by atoms with Crippen LogP contribution >= 0.6 is 0 Å². The van der Waals surface area contributed by atoms with E-state index in [9.17, 15) is 14.0 Å². The highest BCUT2D eigenvalue weighted by atomic mass is 19.1. The number of unbranched alkanes of at least 4 members (excludes halogenated alkanes) is 2. The molecule has 4 nitrogen and oxygen atoms in total. The van der Waals surface area contributed by atoms with Gasteiger partial charge in [-0.05, 0) is 43.5 Å². The van der Waals surface area contributed by atoms with Crippen LogP contribution in [-0.4, -0.2) is 18.4 Å². The first-order chi connectivity index (χ1) is 10.1. The minimum atomic E-state index is -0.930. The van der Waals surface area contributed by atoms with Crippen molar-refractivity contribution in [1.29, 1.82) is 0 Å². The molecule has 0 aromatic heterocycles. The van der Waals surface area contributed by atoms with Gasteiger partial charge in [-0.15, -0.1) is 0 Å². The van der Waals surface area contributed by atoms with Gasteiger partial charge in [0.05, 0.1) is 0 Å². The van der Waals surface area contributed by atoms with E-state index in [0.717, 1.165) is 19.3 Å². The molecule has 1 aliphatic rings. The van der Waals surface area contributed by atoms with Crippen LogP contribution in [0.1, 0.15) is 39.0 Å². The number of nitrogens with one attached hydrogen (secondary N) is 2. The van der Waals surface area contributed by atoms with Gasteiger partial charge in [0.1, 0.15) is 11.2 Å². The Morgan fingerprint density at radius 3 is 2.38 bits per heavy atom. The zero-order valence-corrected chi connectivity index (χ0v) is 12.2. The minimum Gasteiger partial charge on any atom is -0.355 e. The molecule has 1 aliphatic carbocycles. The minimum absolute atomic E-state index is 0.196.